The van der Waals surface area contributed by atoms with Gasteiger partial charge in [-0.1, -0.05) is 19.8 Å². The van der Waals surface area contributed by atoms with Crippen molar-refractivity contribution in [2.24, 2.45) is 0 Å². The van der Waals surface area contributed by atoms with Crippen molar-refractivity contribution in [2.45, 2.75) is 42.8 Å². The second-order valence-electron chi connectivity index (χ2n) is 6.06. The molecule has 1 aromatic carbocycles. The van der Waals surface area contributed by atoms with E-state index in [9.17, 15) is 21.6 Å². The van der Waals surface area contributed by atoms with Crippen LogP contribution in [0.4, 0.5) is 0 Å². The Balaban J connectivity index is 2.05. The van der Waals surface area contributed by atoms with Crippen molar-refractivity contribution < 1.29 is 21.6 Å². The van der Waals surface area contributed by atoms with Gasteiger partial charge in [-0.25, -0.2) is 16.8 Å². The van der Waals surface area contributed by atoms with Gasteiger partial charge in [0.25, 0.3) is 5.91 Å². The SMILES string of the molecule is CCCCCNC(=O)c1ccc(S(=O)(=O)[C@H]2CCS(=O)(=O)C2)cc1. The lowest BCUT2D eigenvalue weighted by Crippen LogP contribution is -2.25. The van der Waals surface area contributed by atoms with Crippen LogP contribution < -0.4 is 5.32 Å². The van der Waals surface area contributed by atoms with Gasteiger partial charge in [0.15, 0.2) is 19.7 Å². The van der Waals surface area contributed by atoms with E-state index in [1.165, 1.54) is 24.3 Å². The third kappa shape index (κ3) is 4.57. The third-order valence-corrected chi connectivity index (χ3v) is 8.33. The molecule has 0 radical (unpaired) electrons. The van der Waals surface area contributed by atoms with Gasteiger partial charge < -0.3 is 5.32 Å². The number of amides is 1. The number of hydrogen-bond donors (Lipinski definition) is 1. The molecule has 134 valence electrons. The van der Waals surface area contributed by atoms with Crippen molar-refractivity contribution in [3.05, 3.63) is 29.8 Å². The lowest BCUT2D eigenvalue weighted by Gasteiger charge is -2.11. The van der Waals surface area contributed by atoms with E-state index in [4.69, 9.17) is 0 Å². The molecule has 1 amide bonds. The quantitative estimate of drug-likeness (QED) is 0.732. The maximum atomic E-state index is 12.5. The minimum atomic E-state index is -3.69. The summed E-state index contributed by atoms with van der Waals surface area (Å²) in [4.78, 5) is 12.0. The van der Waals surface area contributed by atoms with Crippen LogP contribution in [-0.2, 0) is 19.7 Å². The molecule has 6 nitrogen and oxygen atoms in total. The molecule has 1 aromatic rings. The highest BCUT2D eigenvalue weighted by molar-refractivity contribution is 7.96. The molecule has 2 rings (SSSR count). The molecule has 1 fully saturated rings. The minimum absolute atomic E-state index is 0.0622. The van der Waals surface area contributed by atoms with E-state index in [0.717, 1.165) is 19.3 Å². The van der Waals surface area contributed by atoms with Gasteiger partial charge >= 0.3 is 0 Å². The van der Waals surface area contributed by atoms with Gasteiger partial charge in [0, 0.05) is 12.1 Å². The Kier molecular flexibility index (Phi) is 6.03. The zero-order chi connectivity index (χ0) is 17.8. The molecular weight excluding hydrogens is 350 g/mol. The molecule has 1 aliphatic rings. The number of nitrogens with one attached hydrogen (secondary N) is 1. The second kappa shape index (κ2) is 7.65. The van der Waals surface area contributed by atoms with Crippen LogP contribution >= 0.6 is 0 Å². The Morgan fingerprint density at radius 2 is 1.88 bits per heavy atom. The van der Waals surface area contributed by atoms with Crippen molar-refractivity contribution in [1.29, 1.82) is 0 Å². The molecule has 0 aromatic heterocycles. The normalized spacial score (nSPS) is 20.0. The molecule has 1 heterocycles. The number of sulfone groups is 2. The van der Waals surface area contributed by atoms with E-state index >= 15 is 0 Å². The highest BCUT2D eigenvalue weighted by atomic mass is 32.2. The fourth-order valence-corrected chi connectivity index (χ4v) is 7.03. The first-order chi connectivity index (χ1) is 11.3. The van der Waals surface area contributed by atoms with Crippen LogP contribution in [0.25, 0.3) is 0 Å². The number of benzene rings is 1. The smallest absolute Gasteiger partial charge is 0.251 e. The van der Waals surface area contributed by atoms with Crippen LogP contribution in [0.1, 0.15) is 43.0 Å². The predicted octanol–water partition coefficient (Wildman–Crippen LogP) is 1.57. The van der Waals surface area contributed by atoms with Gasteiger partial charge in [0.2, 0.25) is 0 Å². The Morgan fingerprint density at radius 3 is 2.42 bits per heavy atom. The Morgan fingerprint density at radius 1 is 1.21 bits per heavy atom. The van der Waals surface area contributed by atoms with Crippen molar-refractivity contribution in [1.82, 2.24) is 5.32 Å². The van der Waals surface area contributed by atoms with E-state index < -0.39 is 24.9 Å². The largest absolute Gasteiger partial charge is 0.352 e. The summed E-state index contributed by atoms with van der Waals surface area (Å²) >= 11 is 0. The Labute approximate surface area is 143 Å². The summed E-state index contributed by atoms with van der Waals surface area (Å²) in [7, 11) is -6.95. The molecule has 0 bridgehead atoms. The number of carbonyl (C=O) groups excluding carboxylic acids is 1. The van der Waals surface area contributed by atoms with E-state index in [0.29, 0.717) is 12.1 Å². The molecule has 0 spiro atoms. The topological polar surface area (TPSA) is 97.4 Å². The maximum absolute atomic E-state index is 12.5. The summed E-state index contributed by atoms with van der Waals surface area (Å²) in [6.45, 7) is 2.67. The summed E-state index contributed by atoms with van der Waals surface area (Å²) in [6, 6.07) is 5.68. The summed E-state index contributed by atoms with van der Waals surface area (Å²) in [6.07, 6.45) is 3.15. The number of carbonyl (C=O) groups is 1. The van der Waals surface area contributed by atoms with Crippen LogP contribution in [0.15, 0.2) is 29.2 Å². The number of rotatable bonds is 7. The molecular formula is C16H23NO5S2. The van der Waals surface area contributed by atoms with E-state index in [-0.39, 0.29) is 28.7 Å². The molecule has 8 heteroatoms. The first kappa shape index (κ1) is 18.9. The van der Waals surface area contributed by atoms with Gasteiger partial charge in [0.05, 0.1) is 21.7 Å². The van der Waals surface area contributed by atoms with Gasteiger partial charge in [-0.05, 0) is 37.1 Å². The van der Waals surface area contributed by atoms with Crippen LogP contribution in [0.5, 0.6) is 0 Å². The van der Waals surface area contributed by atoms with Gasteiger partial charge in [-0.3, -0.25) is 4.79 Å². The first-order valence-electron chi connectivity index (χ1n) is 8.09. The predicted molar refractivity (Wildman–Crippen MR) is 92.5 cm³/mol. The monoisotopic (exact) mass is 373 g/mol. The lowest BCUT2D eigenvalue weighted by atomic mass is 10.2. The maximum Gasteiger partial charge on any atom is 0.251 e. The molecule has 0 aliphatic carbocycles. The van der Waals surface area contributed by atoms with Crippen molar-refractivity contribution in [3.8, 4) is 0 Å². The third-order valence-electron chi connectivity index (χ3n) is 4.14. The first-order valence-corrected chi connectivity index (χ1v) is 11.5. The van der Waals surface area contributed by atoms with Crippen molar-refractivity contribution >= 4 is 25.6 Å². The highest BCUT2D eigenvalue weighted by Crippen LogP contribution is 2.25. The van der Waals surface area contributed by atoms with Gasteiger partial charge in [-0.15, -0.1) is 0 Å². The second-order valence-corrected chi connectivity index (χ2v) is 10.5. The summed E-state index contributed by atoms with van der Waals surface area (Å²) in [5.41, 5.74) is 0.393. The molecule has 1 aliphatic heterocycles. The molecule has 1 atom stereocenters. The minimum Gasteiger partial charge on any atom is -0.352 e. The summed E-state index contributed by atoms with van der Waals surface area (Å²) in [5.74, 6) is -0.650. The van der Waals surface area contributed by atoms with Gasteiger partial charge in [-0.2, -0.15) is 0 Å². The Hall–Kier alpha value is -1.41. The van der Waals surface area contributed by atoms with Crippen LogP contribution in [0, 0.1) is 0 Å². The standard InChI is InChI=1S/C16H23NO5S2/c1-2-3-4-10-17-16(18)13-5-7-14(8-6-13)24(21,22)15-9-11-23(19,20)12-15/h5-8,15H,2-4,9-12H2,1H3,(H,17,18)/t15-/m0/s1. The number of unbranched alkanes of at least 4 members (excludes halogenated alkanes) is 2. The molecule has 0 unspecified atom stereocenters. The summed E-state index contributed by atoms with van der Waals surface area (Å²) in [5, 5.41) is 1.90. The highest BCUT2D eigenvalue weighted by Gasteiger charge is 2.37. The zero-order valence-electron chi connectivity index (χ0n) is 13.7. The summed E-state index contributed by atoms with van der Waals surface area (Å²) < 4.78 is 47.9. The van der Waals surface area contributed by atoms with Crippen LogP contribution in [-0.4, -0.2) is 46.0 Å². The van der Waals surface area contributed by atoms with Crippen LogP contribution in [0.3, 0.4) is 0 Å². The van der Waals surface area contributed by atoms with Crippen molar-refractivity contribution in [3.63, 3.8) is 0 Å². The molecule has 0 saturated carbocycles. The van der Waals surface area contributed by atoms with Gasteiger partial charge in [0.1, 0.15) is 0 Å². The molecule has 1 saturated heterocycles. The molecule has 1 N–H and O–H groups in total. The Bertz CT molecular complexity index is 782. The average Bonchev–Trinajstić information content (AvgIpc) is 2.92. The van der Waals surface area contributed by atoms with E-state index in [2.05, 4.69) is 12.2 Å². The van der Waals surface area contributed by atoms with E-state index in [1.54, 1.807) is 0 Å². The number of hydrogen-bond acceptors (Lipinski definition) is 5. The lowest BCUT2D eigenvalue weighted by molar-refractivity contribution is 0.0953. The van der Waals surface area contributed by atoms with Crippen LogP contribution in [0.2, 0.25) is 0 Å². The zero-order valence-corrected chi connectivity index (χ0v) is 15.3. The average molecular weight is 373 g/mol. The van der Waals surface area contributed by atoms with E-state index in [1.807, 2.05) is 0 Å². The van der Waals surface area contributed by atoms with Crippen molar-refractivity contribution in [2.75, 3.05) is 18.1 Å². The fraction of sp³-hybridized carbons (Fsp3) is 0.562. The fourth-order valence-electron chi connectivity index (χ4n) is 2.67. The molecule has 24 heavy (non-hydrogen) atoms.